The molecule has 0 radical (unpaired) electrons. The van der Waals surface area contributed by atoms with E-state index >= 15 is 0 Å². The Balaban J connectivity index is 1.84. The van der Waals surface area contributed by atoms with Gasteiger partial charge in [-0.1, -0.05) is 30.3 Å². The number of aromatic amines is 1. The van der Waals surface area contributed by atoms with Crippen LogP contribution in [0.4, 0.5) is 0 Å². The van der Waals surface area contributed by atoms with E-state index in [9.17, 15) is 9.59 Å². The fraction of sp³-hybridized carbons (Fsp3) is 0.125. The summed E-state index contributed by atoms with van der Waals surface area (Å²) in [6, 6.07) is 17.0. The average molecular weight is 298 g/mol. The molecule has 0 aliphatic rings. The normalized spacial score (nSPS) is 10.9. The molecule has 3 aromatic rings. The number of rotatable bonds is 4. The summed E-state index contributed by atoms with van der Waals surface area (Å²) in [6.07, 6.45) is 0. The van der Waals surface area contributed by atoms with Crippen LogP contribution in [0.2, 0.25) is 0 Å². The summed E-state index contributed by atoms with van der Waals surface area (Å²) < 4.78 is 1.26. The van der Waals surface area contributed by atoms with E-state index in [2.05, 4.69) is 4.98 Å². The van der Waals surface area contributed by atoms with Gasteiger partial charge in [0.05, 0.1) is 10.9 Å². The molecule has 106 valence electrons. The lowest BCUT2D eigenvalue weighted by Gasteiger charge is -2.06. The molecule has 0 aliphatic carbocycles. The molecule has 5 heteroatoms. The Bertz CT molecular complexity index is 869. The molecule has 0 saturated heterocycles. The van der Waals surface area contributed by atoms with Crippen molar-refractivity contribution in [3.8, 4) is 0 Å². The third-order valence-electron chi connectivity index (χ3n) is 3.22. The molecule has 2 aromatic carbocycles. The number of para-hydroxylation sites is 1. The summed E-state index contributed by atoms with van der Waals surface area (Å²) >= 11 is 1.63. The lowest BCUT2D eigenvalue weighted by Crippen LogP contribution is -2.35. The maximum absolute atomic E-state index is 12.3. The van der Waals surface area contributed by atoms with Crippen molar-refractivity contribution in [1.29, 1.82) is 0 Å². The Kier molecular flexibility index (Phi) is 3.92. The van der Waals surface area contributed by atoms with Gasteiger partial charge < -0.3 is 4.98 Å². The molecule has 0 amide bonds. The standard InChI is InChI=1S/C16H14N2O2S/c19-15-13-8-4-5-9-14(13)17-16(20)18(15)10-11-21-12-6-2-1-3-7-12/h1-9H,10-11H2,(H,17,20). The maximum atomic E-state index is 12.3. The predicted molar refractivity (Wildman–Crippen MR) is 86.0 cm³/mol. The molecular weight excluding hydrogens is 284 g/mol. The fourth-order valence-electron chi connectivity index (χ4n) is 2.17. The van der Waals surface area contributed by atoms with Gasteiger partial charge in [-0.25, -0.2) is 4.79 Å². The molecule has 0 saturated carbocycles. The Labute approximate surface area is 125 Å². The molecule has 1 heterocycles. The fourth-order valence-corrected chi connectivity index (χ4v) is 3.03. The number of nitrogens with one attached hydrogen (secondary N) is 1. The second kappa shape index (κ2) is 6.01. The number of aromatic nitrogens is 2. The minimum atomic E-state index is -0.354. The third kappa shape index (κ3) is 2.92. The van der Waals surface area contributed by atoms with E-state index in [4.69, 9.17) is 0 Å². The Hall–Kier alpha value is -2.27. The highest BCUT2D eigenvalue weighted by atomic mass is 32.2. The van der Waals surface area contributed by atoms with Gasteiger partial charge in [0, 0.05) is 17.2 Å². The first kappa shape index (κ1) is 13.7. The van der Waals surface area contributed by atoms with Crippen LogP contribution in [-0.2, 0) is 6.54 Å². The van der Waals surface area contributed by atoms with Gasteiger partial charge >= 0.3 is 5.69 Å². The zero-order chi connectivity index (χ0) is 14.7. The summed E-state index contributed by atoms with van der Waals surface area (Å²) in [6.45, 7) is 0.387. The van der Waals surface area contributed by atoms with Crippen molar-refractivity contribution in [1.82, 2.24) is 9.55 Å². The number of fused-ring (bicyclic) bond motifs is 1. The number of hydrogen-bond donors (Lipinski definition) is 1. The molecule has 1 aromatic heterocycles. The molecule has 0 fully saturated rings. The zero-order valence-electron chi connectivity index (χ0n) is 11.3. The highest BCUT2D eigenvalue weighted by Crippen LogP contribution is 2.16. The van der Waals surface area contributed by atoms with Crippen molar-refractivity contribution in [2.24, 2.45) is 0 Å². The first-order chi connectivity index (χ1) is 10.3. The Morgan fingerprint density at radius 1 is 0.952 bits per heavy atom. The summed E-state index contributed by atoms with van der Waals surface area (Å²) in [5.74, 6) is 0.672. The van der Waals surface area contributed by atoms with Crippen LogP contribution in [0.15, 0.2) is 69.1 Å². The van der Waals surface area contributed by atoms with E-state index < -0.39 is 0 Å². The number of H-pyrrole nitrogens is 1. The summed E-state index contributed by atoms with van der Waals surface area (Å²) in [5, 5.41) is 0.543. The van der Waals surface area contributed by atoms with Crippen molar-refractivity contribution in [2.75, 3.05) is 5.75 Å². The van der Waals surface area contributed by atoms with Gasteiger partial charge in [0.15, 0.2) is 0 Å². The predicted octanol–water partition coefficient (Wildman–Crippen LogP) is 2.48. The maximum Gasteiger partial charge on any atom is 0.328 e. The van der Waals surface area contributed by atoms with Gasteiger partial charge in [-0.05, 0) is 24.3 Å². The van der Waals surface area contributed by atoms with Crippen molar-refractivity contribution in [3.63, 3.8) is 0 Å². The van der Waals surface area contributed by atoms with Crippen LogP contribution in [0.1, 0.15) is 0 Å². The Morgan fingerprint density at radius 2 is 1.67 bits per heavy atom. The largest absolute Gasteiger partial charge is 0.328 e. The zero-order valence-corrected chi connectivity index (χ0v) is 12.1. The van der Waals surface area contributed by atoms with Crippen molar-refractivity contribution in [3.05, 3.63) is 75.4 Å². The molecular formula is C16H14N2O2S. The van der Waals surface area contributed by atoms with Crippen LogP contribution >= 0.6 is 11.8 Å². The molecule has 0 atom stereocenters. The molecule has 0 spiro atoms. The van der Waals surface area contributed by atoms with Crippen LogP contribution in [0.25, 0.3) is 10.9 Å². The molecule has 0 bridgehead atoms. The summed E-state index contributed by atoms with van der Waals surface area (Å²) in [4.78, 5) is 28.2. The summed E-state index contributed by atoms with van der Waals surface area (Å²) in [5.41, 5.74) is -0.00478. The van der Waals surface area contributed by atoms with Crippen LogP contribution in [0.3, 0.4) is 0 Å². The number of hydrogen-bond acceptors (Lipinski definition) is 3. The second-order valence-corrected chi connectivity index (χ2v) is 5.76. The SMILES string of the molecule is O=c1[nH]c2ccccc2c(=O)n1CCSc1ccccc1. The second-order valence-electron chi connectivity index (χ2n) is 4.59. The monoisotopic (exact) mass is 298 g/mol. The van der Waals surface area contributed by atoms with Crippen LogP contribution < -0.4 is 11.2 Å². The van der Waals surface area contributed by atoms with E-state index in [1.807, 2.05) is 30.3 Å². The van der Waals surface area contributed by atoms with Gasteiger partial charge in [-0.3, -0.25) is 9.36 Å². The van der Waals surface area contributed by atoms with Gasteiger partial charge in [-0.15, -0.1) is 11.8 Å². The molecule has 0 aliphatic heterocycles. The van der Waals surface area contributed by atoms with E-state index in [0.29, 0.717) is 23.2 Å². The van der Waals surface area contributed by atoms with E-state index in [-0.39, 0.29) is 11.2 Å². The van der Waals surface area contributed by atoms with Gasteiger partial charge in [0.25, 0.3) is 5.56 Å². The van der Waals surface area contributed by atoms with Crippen LogP contribution in [0.5, 0.6) is 0 Å². The molecule has 1 N–H and O–H groups in total. The lowest BCUT2D eigenvalue weighted by atomic mass is 10.2. The third-order valence-corrected chi connectivity index (χ3v) is 4.21. The quantitative estimate of drug-likeness (QED) is 0.753. The smallest absolute Gasteiger partial charge is 0.307 e. The van der Waals surface area contributed by atoms with Gasteiger partial charge in [0.2, 0.25) is 0 Å². The van der Waals surface area contributed by atoms with Crippen molar-refractivity contribution in [2.45, 2.75) is 11.4 Å². The lowest BCUT2D eigenvalue weighted by molar-refractivity contribution is 0.691. The van der Waals surface area contributed by atoms with E-state index in [0.717, 1.165) is 4.90 Å². The van der Waals surface area contributed by atoms with Crippen molar-refractivity contribution >= 4 is 22.7 Å². The highest BCUT2D eigenvalue weighted by Gasteiger charge is 2.06. The van der Waals surface area contributed by atoms with Crippen LogP contribution in [0, 0.1) is 0 Å². The molecule has 21 heavy (non-hydrogen) atoms. The molecule has 0 unspecified atom stereocenters. The summed E-state index contributed by atoms with van der Waals surface area (Å²) in [7, 11) is 0. The van der Waals surface area contributed by atoms with Crippen molar-refractivity contribution < 1.29 is 0 Å². The number of benzene rings is 2. The first-order valence-corrected chi connectivity index (χ1v) is 7.64. The van der Waals surface area contributed by atoms with E-state index in [1.165, 1.54) is 4.57 Å². The Morgan fingerprint density at radius 3 is 2.48 bits per heavy atom. The molecule has 3 rings (SSSR count). The minimum Gasteiger partial charge on any atom is -0.307 e. The van der Waals surface area contributed by atoms with Gasteiger partial charge in [-0.2, -0.15) is 0 Å². The first-order valence-electron chi connectivity index (χ1n) is 6.65. The number of thioether (sulfide) groups is 1. The van der Waals surface area contributed by atoms with Crippen LogP contribution in [-0.4, -0.2) is 15.3 Å². The topological polar surface area (TPSA) is 54.9 Å². The van der Waals surface area contributed by atoms with Gasteiger partial charge in [0.1, 0.15) is 0 Å². The van der Waals surface area contributed by atoms with E-state index in [1.54, 1.807) is 36.0 Å². The highest BCUT2D eigenvalue weighted by molar-refractivity contribution is 7.99. The number of nitrogens with zero attached hydrogens (tertiary/aromatic N) is 1. The molecule has 4 nitrogen and oxygen atoms in total. The minimum absolute atomic E-state index is 0.233. The average Bonchev–Trinajstić information content (AvgIpc) is 2.51.